The molecule has 8 nitrogen and oxygen atoms in total. The van der Waals surface area contributed by atoms with Gasteiger partial charge in [0.2, 0.25) is 5.09 Å². The van der Waals surface area contributed by atoms with Gasteiger partial charge in [0, 0.05) is 26.7 Å². The quantitative estimate of drug-likeness (QED) is 0.739. The van der Waals surface area contributed by atoms with Crippen molar-refractivity contribution in [2.45, 2.75) is 11.5 Å². The smallest absolute Gasteiger partial charge is 0.323 e. The molecule has 0 bridgehead atoms. The van der Waals surface area contributed by atoms with Gasteiger partial charge >= 0.3 is 5.97 Å². The fourth-order valence-corrected chi connectivity index (χ4v) is 3.06. The van der Waals surface area contributed by atoms with Crippen LogP contribution >= 0.6 is 0 Å². The molecule has 2 rings (SSSR count). The van der Waals surface area contributed by atoms with Crippen LogP contribution in [0.15, 0.2) is 52.2 Å². The maximum Gasteiger partial charge on any atom is 0.323 e. The largest absolute Gasteiger partial charge is 0.480 e. The second-order valence-electron chi connectivity index (χ2n) is 5.80. The van der Waals surface area contributed by atoms with Crippen LogP contribution in [0.4, 0.5) is 0 Å². The SMILES string of the molecule is CN(C)S(=O)(=O)c1cc(C(=O)N(CCc2ccccc2)CC(=O)O)co1. The summed E-state index contributed by atoms with van der Waals surface area (Å²) in [6.45, 7) is -0.317. The molecule has 0 fully saturated rings. The van der Waals surface area contributed by atoms with Crippen molar-refractivity contribution in [3.8, 4) is 0 Å². The highest BCUT2D eigenvalue weighted by Gasteiger charge is 2.26. The monoisotopic (exact) mass is 380 g/mol. The average molecular weight is 380 g/mol. The predicted octanol–water partition coefficient (Wildman–Crippen LogP) is 1.30. The number of benzene rings is 1. The van der Waals surface area contributed by atoms with Gasteiger partial charge in [-0.05, 0) is 12.0 Å². The molecule has 0 saturated heterocycles. The molecule has 0 unspecified atom stereocenters. The molecule has 0 radical (unpaired) electrons. The van der Waals surface area contributed by atoms with Gasteiger partial charge in [-0.1, -0.05) is 30.3 Å². The van der Waals surface area contributed by atoms with E-state index < -0.39 is 28.4 Å². The first-order valence-electron chi connectivity index (χ1n) is 7.78. The van der Waals surface area contributed by atoms with Crippen LogP contribution in [0.1, 0.15) is 15.9 Å². The Morgan fingerprint density at radius 1 is 1.15 bits per heavy atom. The highest BCUT2D eigenvalue weighted by molar-refractivity contribution is 7.88. The van der Waals surface area contributed by atoms with E-state index in [-0.39, 0.29) is 17.2 Å². The van der Waals surface area contributed by atoms with Gasteiger partial charge in [-0.15, -0.1) is 0 Å². The number of carboxylic acid groups (broad SMARTS) is 1. The van der Waals surface area contributed by atoms with Crippen molar-refractivity contribution in [1.82, 2.24) is 9.21 Å². The van der Waals surface area contributed by atoms with E-state index >= 15 is 0 Å². The molecule has 0 atom stereocenters. The number of rotatable bonds is 8. The molecule has 9 heteroatoms. The molecule has 0 aliphatic carbocycles. The zero-order chi connectivity index (χ0) is 19.3. The number of carboxylic acids is 1. The zero-order valence-electron chi connectivity index (χ0n) is 14.5. The van der Waals surface area contributed by atoms with Crippen molar-refractivity contribution in [3.63, 3.8) is 0 Å². The third-order valence-corrected chi connectivity index (χ3v) is 5.37. The Morgan fingerprint density at radius 3 is 2.38 bits per heavy atom. The maximum absolute atomic E-state index is 12.6. The van der Waals surface area contributed by atoms with Gasteiger partial charge in [0.25, 0.3) is 15.9 Å². The number of sulfonamides is 1. The minimum atomic E-state index is -3.81. The molecule has 1 aromatic heterocycles. The summed E-state index contributed by atoms with van der Waals surface area (Å²) in [6.07, 6.45) is 1.50. The molecule has 26 heavy (non-hydrogen) atoms. The summed E-state index contributed by atoms with van der Waals surface area (Å²) in [5.41, 5.74) is 0.943. The standard InChI is InChI=1S/C17H20N2O6S/c1-18(2)26(23,24)16-10-14(12-25-16)17(22)19(11-15(20)21)9-8-13-6-4-3-5-7-13/h3-7,10,12H,8-9,11H2,1-2H3,(H,20,21). The summed E-state index contributed by atoms with van der Waals surface area (Å²) in [6, 6.07) is 10.4. The lowest BCUT2D eigenvalue weighted by Gasteiger charge is -2.20. The summed E-state index contributed by atoms with van der Waals surface area (Å²) < 4.78 is 30.0. The summed E-state index contributed by atoms with van der Waals surface area (Å²) in [5, 5.41) is 8.69. The molecule has 0 aliphatic heterocycles. The third kappa shape index (κ3) is 4.70. The average Bonchev–Trinajstić information content (AvgIpc) is 3.09. The minimum absolute atomic E-state index is 0.0141. The first-order valence-corrected chi connectivity index (χ1v) is 9.22. The Hall–Kier alpha value is -2.65. The van der Waals surface area contributed by atoms with Crippen molar-refractivity contribution >= 4 is 21.9 Å². The van der Waals surface area contributed by atoms with Gasteiger partial charge < -0.3 is 14.4 Å². The maximum atomic E-state index is 12.6. The van der Waals surface area contributed by atoms with Gasteiger partial charge in [-0.25, -0.2) is 12.7 Å². The normalized spacial score (nSPS) is 11.5. The van der Waals surface area contributed by atoms with Crippen molar-refractivity contribution in [1.29, 1.82) is 0 Å². The van der Waals surface area contributed by atoms with E-state index in [4.69, 9.17) is 9.52 Å². The van der Waals surface area contributed by atoms with E-state index in [1.54, 1.807) is 0 Å². The Balaban J connectivity index is 2.18. The summed E-state index contributed by atoms with van der Waals surface area (Å²) >= 11 is 0. The van der Waals surface area contributed by atoms with Crippen molar-refractivity contribution in [2.24, 2.45) is 0 Å². The van der Waals surface area contributed by atoms with Gasteiger partial charge in [0.15, 0.2) is 0 Å². The Kier molecular flexibility index (Phi) is 6.17. The number of amides is 1. The fraction of sp³-hybridized carbons (Fsp3) is 0.294. The number of hydrogen-bond acceptors (Lipinski definition) is 5. The lowest BCUT2D eigenvalue weighted by Crippen LogP contribution is -2.37. The van der Waals surface area contributed by atoms with Gasteiger partial charge in [0.05, 0.1) is 5.56 Å². The van der Waals surface area contributed by atoms with Gasteiger partial charge in [-0.2, -0.15) is 0 Å². The van der Waals surface area contributed by atoms with Crippen LogP contribution in [0.25, 0.3) is 0 Å². The predicted molar refractivity (Wildman–Crippen MR) is 93.3 cm³/mol. The molecule has 0 aliphatic rings. The van der Waals surface area contributed by atoms with Crippen LogP contribution in [0.5, 0.6) is 0 Å². The first-order chi connectivity index (χ1) is 12.2. The topological polar surface area (TPSA) is 108 Å². The van der Waals surface area contributed by atoms with Crippen molar-refractivity contribution < 1.29 is 27.5 Å². The van der Waals surface area contributed by atoms with Crippen LogP contribution in [-0.4, -0.2) is 61.8 Å². The summed E-state index contributed by atoms with van der Waals surface area (Å²) in [4.78, 5) is 24.8. The van der Waals surface area contributed by atoms with Crippen LogP contribution in [0, 0.1) is 0 Å². The second kappa shape index (κ2) is 8.15. The fourth-order valence-electron chi connectivity index (χ4n) is 2.25. The van der Waals surface area contributed by atoms with E-state index in [1.807, 2.05) is 30.3 Å². The third-order valence-electron chi connectivity index (χ3n) is 3.68. The van der Waals surface area contributed by atoms with E-state index in [2.05, 4.69) is 0 Å². The molecule has 0 saturated carbocycles. The highest BCUT2D eigenvalue weighted by Crippen LogP contribution is 2.18. The lowest BCUT2D eigenvalue weighted by atomic mass is 10.1. The molecule has 1 heterocycles. The number of hydrogen-bond donors (Lipinski definition) is 1. The van der Waals surface area contributed by atoms with E-state index in [0.717, 1.165) is 27.1 Å². The number of nitrogens with zero attached hydrogens (tertiary/aromatic N) is 2. The lowest BCUT2D eigenvalue weighted by molar-refractivity contribution is -0.137. The summed E-state index contributed by atoms with van der Waals surface area (Å²) in [5.74, 6) is -1.76. The molecule has 1 amide bonds. The molecular weight excluding hydrogens is 360 g/mol. The number of carbonyl (C=O) groups is 2. The Bertz CT molecular complexity index is 874. The highest BCUT2D eigenvalue weighted by atomic mass is 32.2. The number of carbonyl (C=O) groups excluding carboxylic acids is 1. The van der Waals surface area contributed by atoms with Crippen LogP contribution in [-0.2, 0) is 21.2 Å². The molecule has 0 spiro atoms. The van der Waals surface area contributed by atoms with Crippen LogP contribution < -0.4 is 0 Å². The van der Waals surface area contributed by atoms with Crippen molar-refractivity contribution in [3.05, 3.63) is 53.8 Å². The van der Waals surface area contributed by atoms with Crippen LogP contribution in [0.2, 0.25) is 0 Å². The second-order valence-corrected chi connectivity index (χ2v) is 7.88. The molecular formula is C17H20N2O6S. The molecule has 1 aromatic carbocycles. The number of furan rings is 1. The van der Waals surface area contributed by atoms with E-state index in [0.29, 0.717) is 6.42 Å². The Labute approximate surface area is 151 Å². The van der Waals surface area contributed by atoms with E-state index in [1.165, 1.54) is 14.1 Å². The number of aliphatic carboxylic acids is 1. The molecule has 1 N–H and O–H groups in total. The molecule has 2 aromatic rings. The first kappa shape index (κ1) is 19.7. The van der Waals surface area contributed by atoms with Gasteiger partial charge in [-0.3, -0.25) is 9.59 Å². The minimum Gasteiger partial charge on any atom is -0.480 e. The molecule has 140 valence electrons. The Morgan fingerprint density at radius 2 is 1.81 bits per heavy atom. The van der Waals surface area contributed by atoms with Gasteiger partial charge in [0.1, 0.15) is 12.8 Å². The zero-order valence-corrected chi connectivity index (χ0v) is 15.3. The van der Waals surface area contributed by atoms with E-state index in [9.17, 15) is 18.0 Å². The van der Waals surface area contributed by atoms with Crippen molar-refractivity contribution in [2.75, 3.05) is 27.2 Å². The van der Waals surface area contributed by atoms with Crippen LogP contribution in [0.3, 0.4) is 0 Å². The summed E-state index contributed by atoms with van der Waals surface area (Å²) in [7, 11) is -1.13.